The van der Waals surface area contributed by atoms with Gasteiger partial charge in [-0.25, -0.2) is 0 Å². The molecule has 5 nitrogen and oxygen atoms in total. The largest absolute Gasteiger partial charge is 0.453 e. The first kappa shape index (κ1) is 21.8. The van der Waals surface area contributed by atoms with Gasteiger partial charge in [-0.2, -0.15) is 0 Å². The summed E-state index contributed by atoms with van der Waals surface area (Å²) in [6.07, 6.45) is 0.828. The van der Waals surface area contributed by atoms with E-state index < -0.39 is 12.1 Å². The Balaban J connectivity index is 1.68. The van der Waals surface area contributed by atoms with Crippen LogP contribution >= 0.6 is 11.3 Å². The third-order valence-electron chi connectivity index (χ3n) is 4.35. The van der Waals surface area contributed by atoms with Crippen LogP contribution in [0.4, 0.5) is 0 Å². The zero-order valence-corrected chi connectivity index (χ0v) is 17.4. The standard InChI is InChI=1S/C22H27NO4S/c1-15(9-11-18-7-5-4-6-8-18)23-22(26)17(3)27-21(25)14-12-19(24)20-13-10-16(2)28-20/h4-8,10,13,15,17H,9,11-12,14H2,1-3H3,(H,23,26)/t15-,17+/m1/s1. The van der Waals surface area contributed by atoms with E-state index in [2.05, 4.69) is 17.4 Å². The van der Waals surface area contributed by atoms with Gasteiger partial charge in [-0.3, -0.25) is 14.4 Å². The van der Waals surface area contributed by atoms with E-state index in [-0.39, 0.29) is 30.6 Å². The predicted octanol–water partition coefficient (Wildman–Crippen LogP) is 4.09. The molecule has 1 heterocycles. The molecule has 0 aliphatic heterocycles. The molecule has 1 aromatic carbocycles. The number of benzene rings is 1. The number of ketones is 1. The fraction of sp³-hybridized carbons (Fsp3) is 0.409. The molecule has 2 rings (SSSR count). The second-order valence-electron chi connectivity index (χ2n) is 6.90. The maximum Gasteiger partial charge on any atom is 0.307 e. The van der Waals surface area contributed by atoms with Crippen LogP contribution < -0.4 is 5.32 Å². The number of carbonyl (C=O) groups is 3. The van der Waals surface area contributed by atoms with Crippen LogP contribution in [0.2, 0.25) is 0 Å². The fourth-order valence-corrected chi connectivity index (χ4v) is 3.53. The first-order valence-corrected chi connectivity index (χ1v) is 10.3. The summed E-state index contributed by atoms with van der Waals surface area (Å²) in [5.41, 5.74) is 1.22. The van der Waals surface area contributed by atoms with Gasteiger partial charge in [-0.15, -0.1) is 11.3 Å². The van der Waals surface area contributed by atoms with E-state index >= 15 is 0 Å². The van der Waals surface area contributed by atoms with Crippen LogP contribution in [0.5, 0.6) is 0 Å². The molecule has 1 aromatic heterocycles. The minimum Gasteiger partial charge on any atom is -0.453 e. The molecule has 0 fully saturated rings. The Bertz CT molecular complexity index is 800. The average molecular weight is 402 g/mol. The molecule has 150 valence electrons. The van der Waals surface area contributed by atoms with Crippen LogP contribution in [0.15, 0.2) is 42.5 Å². The van der Waals surface area contributed by atoms with Gasteiger partial charge >= 0.3 is 5.97 Å². The third kappa shape index (κ3) is 7.27. The molecule has 0 spiro atoms. The van der Waals surface area contributed by atoms with Gasteiger partial charge in [0.1, 0.15) is 0 Å². The number of nitrogens with one attached hydrogen (secondary N) is 1. The molecule has 0 aliphatic rings. The van der Waals surface area contributed by atoms with Crippen molar-refractivity contribution in [2.75, 3.05) is 0 Å². The Labute approximate surface area is 170 Å². The quantitative estimate of drug-likeness (QED) is 0.481. The number of hydrogen-bond donors (Lipinski definition) is 1. The van der Waals surface area contributed by atoms with Gasteiger partial charge in [-0.05, 0) is 51.3 Å². The summed E-state index contributed by atoms with van der Waals surface area (Å²) in [7, 11) is 0. The molecule has 6 heteroatoms. The van der Waals surface area contributed by atoms with Gasteiger partial charge in [0.05, 0.1) is 11.3 Å². The van der Waals surface area contributed by atoms with Crippen molar-refractivity contribution in [2.45, 2.75) is 58.6 Å². The van der Waals surface area contributed by atoms with Crippen molar-refractivity contribution in [1.82, 2.24) is 5.32 Å². The van der Waals surface area contributed by atoms with E-state index in [0.29, 0.717) is 4.88 Å². The van der Waals surface area contributed by atoms with E-state index in [1.54, 1.807) is 13.0 Å². The Hall–Kier alpha value is -2.47. The van der Waals surface area contributed by atoms with Gasteiger partial charge in [0.15, 0.2) is 11.9 Å². The van der Waals surface area contributed by atoms with Crippen LogP contribution in [0.3, 0.4) is 0 Å². The van der Waals surface area contributed by atoms with Gasteiger partial charge in [0.25, 0.3) is 5.91 Å². The molecular formula is C22H27NO4S. The summed E-state index contributed by atoms with van der Waals surface area (Å²) < 4.78 is 5.17. The summed E-state index contributed by atoms with van der Waals surface area (Å²) in [5.74, 6) is -0.947. The third-order valence-corrected chi connectivity index (χ3v) is 5.39. The molecular weight excluding hydrogens is 374 g/mol. The summed E-state index contributed by atoms with van der Waals surface area (Å²) in [6, 6.07) is 13.7. The molecule has 0 saturated heterocycles. The lowest BCUT2D eigenvalue weighted by Gasteiger charge is -2.18. The first-order valence-electron chi connectivity index (χ1n) is 9.48. The van der Waals surface area contributed by atoms with Gasteiger partial charge in [0.2, 0.25) is 0 Å². The average Bonchev–Trinajstić information content (AvgIpc) is 3.11. The fourth-order valence-electron chi connectivity index (χ4n) is 2.69. The van der Waals surface area contributed by atoms with E-state index in [0.717, 1.165) is 17.7 Å². The Morgan fingerprint density at radius 2 is 1.75 bits per heavy atom. The molecule has 1 N–H and O–H groups in total. The highest BCUT2D eigenvalue weighted by Gasteiger charge is 2.20. The molecule has 0 saturated carbocycles. The Morgan fingerprint density at radius 1 is 1.04 bits per heavy atom. The van der Waals surface area contributed by atoms with Crippen LogP contribution in [0, 0.1) is 6.92 Å². The number of aryl methyl sites for hydroxylation is 2. The SMILES string of the molecule is Cc1ccc(C(=O)CCC(=O)O[C@@H](C)C(=O)N[C@H](C)CCc2ccccc2)s1. The lowest BCUT2D eigenvalue weighted by atomic mass is 10.1. The summed E-state index contributed by atoms with van der Waals surface area (Å²) in [4.78, 5) is 37.9. The van der Waals surface area contributed by atoms with Crippen LogP contribution in [0.25, 0.3) is 0 Å². The lowest BCUT2D eigenvalue weighted by Crippen LogP contribution is -2.41. The molecule has 0 bridgehead atoms. The van der Waals surface area contributed by atoms with Crippen molar-refractivity contribution in [3.8, 4) is 0 Å². The lowest BCUT2D eigenvalue weighted by molar-refractivity contribution is -0.155. The second kappa shape index (κ2) is 10.8. The van der Waals surface area contributed by atoms with Gasteiger partial charge in [-0.1, -0.05) is 30.3 Å². The highest BCUT2D eigenvalue weighted by atomic mass is 32.1. The van der Waals surface area contributed by atoms with Crippen molar-refractivity contribution in [1.29, 1.82) is 0 Å². The highest BCUT2D eigenvalue weighted by Crippen LogP contribution is 2.17. The first-order chi connectivity index (χ1) is 13.3. The predicted molar refractivity (Wildman–Crippen MR) is 111 cm³/mol. The van der Waals surface area contributed by atoms with Crippen LogP contribution in [-0.4, -0.2) is 29.8 Å². The topological polar surface area (TPSA) is 72.5 Å². The normalized spacial score (nSPS) is 12.8. The number of rotatable bonds is 10. The van der Waals surface area contributed by atoms with E-state index in [1.165, 1.54) is 16.9 Å². The number of hydrogen-bond acceptors (Lipinski definition) is 5. The summed E-state index contributed by atoms with van der Waals surface area (Å²) in [6.45, 7) is 5.40. The van der Waals surface area contributed by atoms with Crippen molar-refractivity contribution < 1.29 is 19.1 Å². The minimum absolute atomic E-state index is 0.0301. The van der Waals surface area contributed by atoms with Crippen LogP contribution in [-0.2, 0) is 20.7 Å². The molecule has 2 atom stereocenters. The van der Waals surface area contributed by atoms with Crippen molar-refractivity contribution in [3.63, 3.8) is 0 Å². The monoisotopic (exact) mass is 401 g/mol. The number of esters is 1. The molecule has 28 heavy (non-hydrogen) atoms. The highest BCUT2D eigenvalue weighted by molar-refractivity contribution is 7.14. The van der Waals surface area contributed by atoms with E-state index in [4.69, 9.17) is 4.74 Å². The van der Waals surface area contributed by atoms with Crippen molar-refractivity contribution in [2.24, 2.45) is 0 Å². The van der Waals surface area contributed by atoms with Crippen LogP contribution in [0.1, 0.15) is 53.2 Å². The number of ether oxygens (including phenoxy) is 1. The number of thiophene rings is 1. The number of Topliss-reactive ketones (excluding diaryl/α,β-unsaturated/α-hetero) is 1. The van der Waals surface area contributed by atoms with Gasteiger partial charge < -0.3 is 10.1 Å². The summed E-state index contributed by atoms with van der Waals surface area (Å²) in [5, 5.41) is 2.87. The zero-order chi connectivity index (χ0) is 20.5. The molecule has 0 unspecified atom stereocenters. The second-order valence-corrected chi connectivity index (χ2v) is 8.19. The zero-order valence-electron chi connectivity index (χ0n) is 16.6. The Kier molecular flexibility index (Phi) is 8.39. The van der Waals surface area contributed by atoms with E-state index in [1.807, 2.05) is 38.1 Å². The number of amides is 1. The molecule has 0 aliphatic carbocycles. The van der Waals surface area contributed by atoms with Crippen molar-refractivity contribution >= 4 is 29.0 Å². The maximum atomic E-state index is 12.2. The van der Waals surface area contributed by atoms with Crippen molar-refractivity contribution in [3.05, 3.63) is 57.8 Å². The van der Waals surface area contributed by atoms with Gasteiger partial charge in [0, 0.05) is 17.3 Å². The smallest absolute Gasteiger partial charge is 0.307 e. The molecule has 2 aromatic rings. The molecule has 1 amide bonds. The molecule has 0 radical (unpaired) electrons. The summed E-state index contributed by atoms with van der Waals surface area (Å²) >= 11 is 1.41. The number of carbonyl (C=O) groups excluding carboxylic acids is 3. The Morgan fingerprint density at radius 3 is 2.39 bits per heavy atom. The maximum absolute atomic E-state index is 12.2. The minimum atomic E-state index is -0.884. The van der Waals surface area contributed by atoms with E-state index in [9.17, 15) is 14.4 Å².